The minimum atomic E-state index is -4.73. The summed E-state index contributed by atoms with van der Waals surface area (Å²) < 4.78 is 79.2. The smallest absolute Gasteiger partial charge is 0.272 e. The monoisotopic (exact) mass is 446 g/mol. The van der Waals surface area contributed by atoms with Crippen molar-refractivity contribution in [2.75, 3.05) is 5.43 Å². The van der Waals surface area contributed by atoms with E-state index in [1.165, 1.54) is 6.07 Å². The second kappa shape index (κ2) is 8.35. The summed E-state index contributed by atoms with van der Waals surface area (Å²) in [6.45, 7) is 2.71. The highest BCUT2D eigenvalue weighted by molar-refractivity contribution is 5.77. The summed E-state index contributed by atoms with van der Waals surface area (Å²) in [4.78, 5) is 7.46. The van der Waals surface area contributed by atoms with Gasteiger partial charge in [-0.15, -0.1) is 0 Å². The summed E-state index contributed by atoms with van der Waals surface area (Å²) in [5.74, 6) is -0.445. The predicted octanol–water partition coefficient (Wildman–Crippen LogP) is 3.89. The molecule has 3 aromatic rings. The van der Waals surface area contributed by atoms with Gasteiger partial charge in [0.25, 0.3) is 0 Å². The summed E-state index contributed by atoms with van der Waals surface area (Å²) in [7, 11) is 0. The Hall–Kier alpha value is -3.45. The molecule has 0 aliphatic heterocycles. The number of alkyl halides is 6. The van der Waals surface area contributed by atoms with Gasteiger partial charge in [-0.1, -0.05) is 0 Å². The first-order valence-electron chi connectivity index (χ1n) is 8.84. The summed E-state index contributed by atoms with van der Waals surface area (Å²) in [6.07, 6.45) is -5.47. The van der Waals surface area contributed by atoms with Crippen molar-refractivity contribution in [1.82, 2.24) is 29.5 Å². The van der Waals surface area contributed by atoms with Crippen LogP contribution in [0.2, 0.25) is 0 Å². The summed E-state index contributed by atoms with van der Waals surface area (Å²) in [5.41, 5.74) is 2.01. The van der Waals surface area contributed by atoms with Gasteiger partial charge < -0.3 is 0 Å². The molecule has 14 heteroatoms. The molecule has 0 aliphatic carbocycles. The molecule has 0 amide bonds. The molecular formula is C17H16F6N8. The first-order valence-corrected chi connectivity index (χ1v) is 8.84. The molecule has 0 unspecified atom stereocenters. The quantitative estimate of drug-likeness (QED) is 0.353. The van der Waals surface area contributed by atoms with Crippen LogP contribution < -0.4 is 5.43 Å². The molecule has 3 aromatic heterocycles. The molecule has 0 fully saturated rings. The largest absolute Gasteiger partial charge is 0.433 e. The van der Waals surface area contributed by atoms with Crippen LogP contribution in [-0.2, 0) is 19.3 Å². The lowest BCUT2D eigenvalue weighted by molar-refractivity contribution is -0.143. The molecule has 0 aromatic carbocycles. The van der Waals surface area contributed by atoms with E-state index in [1.54, 1.807) is 17.8 Å². The van der Waals surface area contributed by atoms with Crippen LogP contribution in [0.5, 0.6) is 0 Å². The van der Waals surface area contributed by atoms with Crippen molar-refractivity contribution in [3.63, 3.8) is 0 Å². The first-order chi connectivity index (χ1) is 14.4. The first kappa shape index (κ1) is 22.2. The molecule has 0 atom stereocenters. The number of aromatic nitrogens is 6. The maximum Gasteiger partial charge on any atom is 0.433 e. The molecule has 3 rings (SSSR count). The van der Waals surface area contributed by atoms with Crippen LogP contribution in [-0.4, -0.2) is 41.9 Å². The number of rotatable bonds is 6. The lowest BCUT2D eigenvalue weighted by Crippen LogP contribution is -2.18. The van der Waals surface area contributed by atoms with Gasteiger partial charge in [0.1, 0.15) is 12.2 Å². The topological polar surface area (TPSA) is 85.8 Å². The van der Waals surface area contributed by atoms with Gasteiger partial charge in [0.15, 0.2) is 5.69 Å². The number of halogens is 6. The number of hydrogen-bond acceptors (Lipinski definition) is 6. The molecule has 1 N–H and O–H groups in total. The van der Waals surface area contributed by atoms with Gasteiger partial charge in [-0.05, 0) is 26.0 Å². The van der Waals surface area contributed by atoms with Gasteiger partial charge >= 0.3 is 12.4 Å². The lowest BCUT2D eigenvalue weighted by Gasteiger charge is -2.09. The lowest BCUT2D eigenvalue weighted by atomic mass is 10.1. The van der Waals surface area contributed by atoms with Crippen LogP contribution in [0.15, 0.2) is 29.6 Å². The fourth-order valence-corrected chi connectivity index (χ4v) is 2.59. The van der Waals surface area contributed by atoms with Crippen LogP contribution in [0.4, 0.5) is 32.3 Å². The van der Waals surface area contributed by atoms with E-state index in [0.717, 1.165) is 18.5 Å². The molecule has 0 saturated carbocycles. The Kier molecular flexibility index (Phi) is 5.99. The van der Waals surface area contributed by atoms with E-state index >= 15 is 0 Å². The van der Waals surface area contributed by atoms with Crippen LogP contribution in [0.25, 0.3) is 11.3 Å². The number of hydrazone groups is 1. The van der Waals surface area contributed by atoms with Crippen molar-refractivity contribution in [1.29, 1.82) is 0 Å². The fraction of sp³-hybridized carbons (Fsp3) is 0.353. The van der Waals surface area contributed by atoms with E-state index in [1.807, 2.05) is 6.92 Å². The van der Waals surface area contributed by atoms with Crippen LogP contribution in [0, 0.1) is 6.92 Å². The molecule has 8 nitrogen and oxygen atoms in total. The van der Waals surface area contributed by atoms with Gasteiger partial charge in [-0.3, -0.25) is 9.36 Å². The summed E-state index contributed by atoms with van der Waals surface area (Å²) in [5, 5.41) is 11.5. The average molecular weight is 446 g/mol. The predicted molar refractivity (Wildman–Crippen MR) is 98.2 cm³/mol. The van der Waals surface area contributed by atoms with Gasteiger partial charge in [0.2, 0.25) is 5.95 Å². The van der Waals surface area contributed by atoms with Gasteiger partial charge in [0, 0.05) is 24.5 Å². The number of anilines is 1. The van der Waals surface area contributed by atoms with E-state index in [9.17, 15) is 26.3 Å². The Morgan fingerprint density at radius 3 is 2.45 bits per heavy atom. The van der Waals surface area contributed by atoms with Crippen molar-refractivity contribution in [3.8, 4) is 11.3 Å². The Balaban J connectivity index is 1.85. The highest BCUT2D eigenvalue weighted by Gasteiger charge is 2.34. The van der Waals surface area contributed by atoms with Crippen molar-refractivity contribution in [2.24, 2.45) is 5.10 Å². The molecule has 3 heterocycles. The molecule has 0 radical (unpaired) electrons. The highest BCUT2D eigenvalue weighted by atomic mass is 19.4. The number of nitrogens with one attached hydrogen (secondary N) is 1. The van der Waals surface area contributed by atoms with E-state index < -0.39 is 30.5 Å². The average Bonchev–Trinajstić information content (AvgIpc) is 3.25. The molecule has 166 valence electrons. The van der Waals surface area contributed by atoms with E-state index in [2.05, 4.69) is 30.7 Å². The Morgan fingerprint density at radius 1 is 1.10 bits per heavy atom. The zero-order valence-corrected chi connectivity index (χ0v) is 16.2. The van der Waals surface area contributed by atoms with Crippen LogP contribution in [0.1, 0.15) is 24.0 Å². The maximum atomic E-state index is 13.3. The van der Waals surface area contributed by atoms with Crippen molar-refractivity contribution in [3.05, 3.63) is 41.6 Å². The summed E-state index contributed by atoms with van der Waals surface area (Å²) >= 11 is 0. The van der Waals surface area contributed by atoms with E-state index in [4.69, 9.17) is 0 Å². The van der Waals surface area contributed by atoms with Gasteiger partial charge in [-0.25, -0.2) is 15.4 Å². The molecule has 0 aliphatic rings. The Bertz CT molecular complexity index is 1080. The second-order valence-corrected chi connectivity index (χ2v) is 6.37. The summed E-state index contributed by atoms with van der Waals surface area (Å²) in [6, 6.07) is 2.07. The zero-order chi connectivity index (χ0) is 22.8. The van der Waals surface area contributed by atoms with Crippen LogP contribution in [0.3, 0.4) is 0 Å². The highest BCUT2D eigenvalue weighted by Crippen LogP contribution is 2.31. The molecule has 0 bridgehead atoms. The maximum absolute atomic E-state index is 13.3. The molecule has 31 heavy (non-hydrogen) atoms. The molecular weight excluding hydrogens is 430 g/mol. The number of hydrogen-bond donors (Lipinski definition) is 1. The van der Waals surface area contributed by atoms with Crippen molar-refractivity contribution >= 4 is 12.2 Å². The second-order valence-electron chi connectivity index (χ2n) is 6.37. The molecule has 0 spiro atoms. The number of nitrogens with zero attached hydrogens (tertiary/aromatic N) is 7. The van der Waals surface area contributed by atoms with Crippen LogP contribution >= 0.6 is 0 Å². The van der Waals surface area contributed by atoms with Gasteiger partial charge in [0.05, 0.1) is 17.6 Å². The van der Waals surface area contributed by atoms with E-state index in [0.29, 0.717) is 22.5 Å². The van der Waals surface area contributed by atoms with E-state index in [-0.39, 0.29) is 11.4 Å². The standard InChI is InChI=1S/C17H16F6N8/c1-3-30-8-12(10(2)28-30)13-6-14(17(21,22)23)26-15(25-13)27-24-7-11-4-5-31(29-11)9-16(18,19)20/h4-8H,3,9H2,1-2H3,(H,25,26,27). The normalized spacial score (nSPS) is 12.6. The van der Waals surface area contributed by atoms with Crippen molar-refractivity contribution < 1.29 is 26.3 Å². The Morgan fingerprint density at radius 2 is 1.84 bits per heavy atom. The Labute approximate surface area is 171 Å². The number of aryl methyl sites for hydroxylation is 2. The minimum Gasteiger partial charge on any atom is -0.272 e. The minimum absolute atomic E-state index is 0.00770. The third-order valence-electron chi connectivity index (χ3n) is 3.93. The fourth-order valence-electron chi connectivity index (χ4n) is 2.59. The third-order valence-corrected chi connectivity index (χ3v) is 3.93. The van der Waals surface area contributed by atoms with Crippen molar-refractivity contribution in [2.45, 2.75) is 39.3 Å². The SMILES string of the molecule is CCn1cc(-c2cc(C(F)(F)F)nc(NN=Cc3ccn(CC(F)(F)F)n3)n2)c(C)n1. The molecule has 0 saturated heterocycles. The van der Waals surface area contributed by atoms with Gasteiger partial charge in [-0.2, -0.15) is 41.6 Å². The zero-order valence-electron chi connectivity index (χ0n) is 16.2. The third kappa shape index (κ3) is 5.79.